The first-order chi connectivity index (χ1) is 14.9. The SMILES string of the molecule is CC(=NNC(=O)c1nnn(-c2nonc2N)c1CN1CCCCC1C)c1ccc(Cl)s1. The van der Waals surface area contributed by atoms with Crippen molar-refractivity contribution in [3.05, 3.63) is 32.7 Å². The zero-order valence-corrected chi connectivity index (χ0v) is 18.7. The van der Waals surface area contributed by atoms with Crippen LogP contribution in [-0.4, -0.2) is 54.4 Å². The number of anilines is 1. The van der Waals surface area contributed by atoms with E-state index < -0.39 is 5.91 Å². The van der Waals surface area contributed by atoms with Gasteiger partial charge in [-0.05, 0) is 55.7 Å². The van der Waals surface area contributed by atoms with E-state index in [-0.39, 0.29) is 17.3 Å². The number of hydrogen-bond donors (Lipinski definition) is 2. The van der Waals surface area contributed by atoms with Gasteiger partial charge in [-0.2, -0.15) is 9.78 Å². The van der Waals surface area contributed by atoms with Crippen LogP contribution in [0.15, 0.2) is 21.9 Å². The Balaban J connectivity index is 1.62. The number of carbonyl (C=O) groups is 1. The van der Waals surface area contributed by atoms with Crippen molar-refractivity contribution < 1.29 is 9.42 Å². The van der Waals surface area contributed by atoms with Crippen molar-refractivity contribution in [1.29, 1.82) is 0 Å². The van der Waals surface area contributed by atoms with Crippen molar-refractivity contribution in [3.8, 4) is 5.82 Å². The molecule has 1 aliphatic heterocycles. The molecule has 3 aromatic heterocycles. The predicted octanol–water partition coefficient (Wildman–Crippen LogP) is 2.48. The molecule has 1 unspecified atom stereocenters. The number of amides is 1. The van der Waals surface area contributed by atoms with Crippen LogP contribution in [0.4, 0.5) is 5.82 Å². The summed E-state index contributed by atoms with van der Waals surface area (Å²) in [5, 5.41) is 19.8. The fourth-order valence-electron chi connectivity index (χ4n) is 3.46. The number of piperidine rings is 1. The lowest BCUT2D eigenvalue weighted by atomic mass is 10.0. The molecule has 1 saturated heterocycles. The summed E-state index contributed by atoms with van der Waals surface area (Å²) >= 11 is 7.35. The Morgan fingerprint density at radius 1 is 1.42 bits per heavy atom. The number of likely N-dealkylation sites (tertiary alicyclic amines) is 1. The minimum atomic E-state index is -0.483. The molecule has 0 saturated carbocycles. The normalized spacial score (nSPS) is 17.8. The van der Waals surface area contributed by atoms with E-state index in [1.54, 1.807) is 13.0 Å². The fourth-order valence-corrected chi connectivity index (χ4v) is 4.45. The van der Waals surface area contributed by atoms with Crippen LogP contribution in [0.25, 0.3) is 5.82 Å². The lowest BCUT2D eigenvalue weighted by molar-refractivity contribution is 0.0944. The number of nitrogens with zero attached hydrogens (tertiary/aromatic N) is 7. The largest absolute Gasteiger partial charge is 0.378 e. The summed E-state index contributed by atoms with van der Waals surface area (Å²) in [5.41, 5.74) is 9.72. The molecular formula is C18H22ClN9O2S. The predicted molar refractivity (Wildman–Crippen MR) is 116 cm³/mol. The van der Waals surface area contributed by atoms with Crippen LogP contribution in [0.5, 0.6) is 0 Å². The molecule has 3 aromatic rings. The number of hydrazone groups is 1. The van der Waals surface area contributed by atoms with E-state index in [2.05, 4.69) is 43.0 Å². The maximum atomic E-state index is 12.9. The van der Waals surface area contributed by atoms with Crippen molar-refractivity contribution >= 4 is 40.4 Å². The van der Waals surface area contributed by atoms with Crippen LogP contribution in [0.3, 0.4) is 0 Å². The number of thiophene rings is 1. The van der Waals surface area contributed by atoms with Gasteiger partial charge in [0, 0.05) is 12.6 Å². The highest BCUT2D eigenvalue weighted by atomic mass is 35.5. The third-order valence-electron chi connectivity index (χ3n) is 5.22. The Labute approximate surface area is 187 Å². The molecule has 11 nitrogen and oxygen atoms in total. The molecule has 0 aromatic carbocycles. The molecule has 13 heteroatoms. The molecule has 0 aliphatic carbocycles. The maximum absolute atomic E-state index is 12.9. The highest BCUT2D eigenvalue weighted by Gasteiger charge is 2.28. The van der Waals surface area contributed by atoms with E-state index >= 15 is 0 Å². The Morgan fingerprint density at radius 2 is 2.26 bits per heavy atom. The maximum Gasteiger partial charge on any atom is 0.293 e. The second-order valence-electron chi connectivity index (χ2n) is 7.33. The van der Waals surface area contributed by atoms with E-state index in [9.17, 15) is 4.79 Å². The van der Waals surface area contributed by atoms with Gasteiger partial charge in [-0.1, -0.05) is 23.2 Å². The van der Waals surface area contributed by atoms with Crippen LogP contribution in [0, 0.1) is 0 Å². The summed E-state index contributed by atoms with van der Waals surface area (Å²) in [6.07, 6.45) is 3.36. The molecule has 31 heavy (non-hydrogen) atoms. The standard InChI is InChI=1S/C18H22ClN9O2S/c1-10-5-3-4-8-27(10)9-12-15(22-26-28(12)17-16(20)24-30-25-17)18(29)23-21-11(2)13-6-7-14(19)31-13/h6-7,10H,3-5,8-9H2,1-2H3,(H2,20,24)(H,23,29). The van der Waals surface area contributed by atoms with Crippen molar-refractivity contribution in [3.63, 3.8) is 0 Å². The average Bonchev–Trinajstić information content (AvgIpc) is 3.47. The Kier molecular flexibility index (Phi) is 6.30. The smallest absolute Gasteiger partial charge is 0.293 e. The Bertz CT molecular complexity index is 1110. The summed E-state index contributed by atoms with van der Waals surface area (Å²) in [6.45, 7) is 5.32. The third kappa shape index (κ3) is 4.60. The van der Waals surface area contributed by atoms with Gasteiger partial charge >= 0.3 is 0 Å². The van der Waals surface area contributed by atoms with E-state index in [4.69, 9.17) is 22.0 Å². The summed E-state index contributed by atoms with van der Waals surface area (Å²) in [4.78, 5) is 16.1. The van der Waals surface area contributed by atoms with Gasteiger partial charge in [-0.3, -0.25) is 9.69 Å². The first kappa shape index (κ1) is 21.4. The first-order valence-electron chi connectivity index (χ1n) is 9.81. The molecule has 4 heterocycles. The minimum absolute atomic E-state index is 0.0632. The average molecular weight is 464 g/mol. The van der Waals surface area contributed by atoms with Gasteiger partial charge in [0.05, 0.1) is 20.6 Å². The number of aromatic nitrogens is 5. The lowest BCUT2D eigenvalue weighted by Crippen LogP contribution is -2.38. The number of rotatable bonds is 6. The third-order valence-corrected chi connectivity index (χ3v) is 6.56. The van der Waals surface area contributed by atoms with Gasteiger partial charge in [0.1, 0.15) is 0 Å². The summed E-state index contributed by atoms with van der Waals surface area (Å²) in [5.74, 6) is -0.227. The molecule has 1 fully saturated rings. The fraction of sp³-hybridized carbons (Fsp3) is 0.444. The molecule has 3 N–H and O–H groups in total. The molecule has 1 atom stereocenters. The highest BCUT2D eigenvalue weighted by molar-refractivity contribution is 7.18. The second kappa shape index (κ2) is 9.12. The van der Waals surface area contributed by atoms with Crippen LogP contribution < -0.4 is 11.2 Å². The number of carbonyl (C=O) groups excluding carboxylic acids is 1. The van der Waals surface area contributed by atoms with E-state index in [1.165, 1.54) is 22.4 Å². The Morgan fingerprint density at radius 3 is 2.94 bits per heavy atom. The van der Waals surface area contributed by atoms with E-state index in [0.29, 0.717) is 28.3 Å². The van der Waals surface area contributed by atoms with E-state index in [1.807, 2.05) is 6.07 Å². The zero-order chi connectivity index (χ0) is 22.0. The number of nitrogen functional groups attached to an aromatic ring is 1. The van der Waals surface area contributed by atoms with Crippen molar-refractivity contribution in [2.24, 2.45) is 5.10 Å². The number of nitrogens with one attached hydrogen (secondary N) is 1. The zero-order valence-electron chi connectivity index (χ0n) is 17.1. The molecule has 4 rings (SSSR count). The first-order valence-corrected chi connectivity index (χ1v) is 11.0. The highest BCUT2D eigenvalue weighted by Crippen LogP contribution is 2.23. The summed E-state index contributed by atoms with van der Waals surface area (Å²) in [6, 6.07) is 3.99. The molecule has 0 spiro atoms. The summed E-state index contributed by atoms with van der Waals surface area (Å²) in [7, 11) is 0. The molecule has 1 amide bonds. The van der Waals surface area contributed by atoms with Gasteiger partial charge in [-0.15, -0.1) is 16.4 Å². The number of halogens is 1. The van der Waals surface area contributed by atoms with Gasteiger partial charge in [-0.25, -0.2) is 10.1 Å². The molecule has 0 radical (unpaired) electrons. The molecular weight excluding hydrogens is 442 g/mol. The van der Waals surface area contributed by atoms with Crippen LogP contribution in [-0.2, 0) is 6.54 Å². The van der Waals surface area contributed by atoms with Crippen LogP contribution in [0.1, 0.15) is 54.2 Å². The number of hydrogen-bond acceptors (Lipinski definition) is 10. The molecule has 164 valence electrons. The van der Waals surface area contributed by atoms with Crippen molar-refractivity contribution in [1.82, 2.24) is 35.6 Å². The lowest BCUT2D eigenvalue weighted by Gasteiger charge is -2.33. The quantitative estimate of drug-likeness (QED) is 0.419. The topological polar surface area (TPSA) is 140 Å². The minimum Gasteiger partial charge on any atom is -0.378 e. The molecule has 1 aliphatic rings. The van der Waals surface area contributed by atoms with Gasteiger partial charge in [0.2, 0.25) is 11.6 Å². The van der Waals surface area contributed by atoms with Gasteiger partial charge in [0.15, 0.2) is 5.69 Å². The van der Waals surface area contributed by atoms with Gasteiger partial charge < -0.3 is 5.73 Å². The summed E-state index contributed by atoms with van der Waals surface area (Å²) < 4.78 is 6.76. The Hall–Kier alpha value is -2.83. The monoisotopic (exact) mass is 463 g/mol. The van der Waals surface area contributed by atoms with E-state index in [0.717, 1.165) is 24.3 Å². The van der Waals surface area contributed by atoms with Crippen LogP contribution in [0.2, 0.25) is 4.34 Å². The van der Waals surface area contributed by atoms with Crippen LogP contribution >= 0.6 is 22.9 Å². The molecule has 0 bridgehead atoms. The second-order valence-corrected chi connectivity index (χ2v) is 9.04. The van der Waals surface area contributed by atoms with Crippen molar-refractivity contribution in [2.45, 2.75) is 45.7 Å². The van der Waals surface area contributed by atoms with Crippen molar-refractivity contribution in [2.75, 3.05) is 12.3 Å². The van der Waals surface area contributed by atoms with Gasteiger partial charge in [0.25, 0.3) is 5.91 Å². The number of nitrogens with two attached hydrogens (primary N) is 1.